The van der Waals surface area contributed by atoms with Crippen LogP contribution in [0.15, 0.2) is 24.3 Å². The van der Waals surface area contributed by atoms with Crippen LogP contribution in [-0.2, 0) is 15.0 Å². The van der Waals surface area contributed by atoms with Crippen LogP contribution in [0.5, 0.6) is 5.75 Å². The lowest BCUT2D eigenvalue weighted by Crippen LogP contribution is -2.61. The molecule has 1 aromatic rings. The number of ether oxygens (including phenoxy) is 1. The van der Waals surface area contributed by atoms with Gasteiger partial charge < -0.3 is 9.64 Å². The zero-order valence-corrected chi connectivity index (χ0v) is 14.6. The predicted octanol–water partition coefficient (Wildman–Crippen LogP) is 1.96. The van der Waals surface area contributed by atoms with Gasteiger partial charge in [-0.2, -0.15) is 0 Å². The number of hydrogen-bond acceptors (Lipinski definition) is 4. The Morgan fingerprint density at radius 3 is 2.52 bits per heavy atom. The first-order valence-corrected chi connectivity index (χ1v) is 7.86. The molecule has 126 valence electrons. The fourth-order valence-electron chi connectivity index (χ4n) is 3.54. The summed E-state index contributed by atoms with van der Waals surface area (Å²) in [7, 11) is 5.58. The van der Waals surface area contributed by atoms with Crippen LogP contribution in [0.25, 0.3) is 0 Å². The Labute approximate surface area is 138 Å². The van der Waals surface area contributed by atoms with Gasteiger partial charge in [-0.1, -0.05) is 26.0 Å². The first kappa shape index (κ1) is 17.5. The summed E-state index contributed by atoms with van der Waals surface area (Å²) in [4.78, 5) is 26.9. The number of hydrogen-bond donors (Lipinski definition) is 1. The second-order valence-corrected chi connectivity index (χ2v) is 7.13. The number of rotatable bonds is 5. The molecule has 0 radical (unpaired) electrons. The molecule has 1 N–H and O–H groups in total. The molecule has 1 aliphatic rings. The lowest BCUT2D eigenvalue weighted by atomic mass is 9.56. The Hall–Kier alpha value is -1.88. The quantitative estimate of drug-likeness (QED) is 0.843. The van der Waals surface area contributed by atoms with Crippen molar-refractivity contribution in [3.05, 3.63) is 29.8 Å². The van der Waals surface area contributed by atoms with Gasteiger partial charge in [-0.3, -0.25) is 14.9 Å². The average Bonchev–Trinajstić information content (AvgIpc) is 2.45. The molecule has 1 atom stereocenters. The summed E-state index contributed by atoms with van der Waals surface area (Å²) in [5, 5.41) is 2.55. The van der Waals surface area contributed by atoms with E-state index in [1.54, 1.807) is 7.11 Å². The zero-order chi connectivity index (χ0) is 17.3. The minimum Gasteiger partial charge on any atom is -0.497 e. The lowest BCUT2D eigenvalue weighted by molar-refractivity contribution is -0.145. The Morgan fingerprint density at radius 2 is 1.96 bits per heavy atom. The number of carbonyl (C=O) groups excluding carboxylic acids is 2. The van der Waals surface area contributed by atoms with E-state index in [4.69, 9.17) is 4.74 Å². The summed E-state index contributed by atoms with van der Waals surface area (Å²) in [5.41, 5.74) is -0.345. The normalized spacial score (nSPS) is 23.7. The van der Waals surface area contributed by atoms with Crippen LogP contribution in [-0.4, -0.2) is 44.5 Å². The van der Waals surface area contributed by atoms with Crippen molar-refractivity contribution < 1.29 is 14.3 Å². The highest BCUT2D eigenvalue weighted by Gasteiger charge is 2.56. The molecule has 0 aliphatic carbocycles. The van der Waals surface area contributed by atoms with Crippen LogP contribution in [0.1, 0.15) is 32.3 Å². The number of carbonyl (C=O) groups is 2. The van der Waals surface area contributed by atoms with E-state index in [9.17, 15) is 9.59 Å². The van der Waals surface area contributed by atoms with E-state index in [0.717, 1.165) is 12.1 Å². The maximum absolute atomic E-state index is 13.0. The van der Waals surface area contributed by atoms with Crippen molar-refractivity contribution in [2.75, 3.05) is 27.7 Å². The first-order chi connectivity index (χ1) is 10.7. The Balaban J connectivity index is 2.59. The second kappa shape index (κ2) is 6.32. The standard InChI is InChI=1S/C18H26N2O3/c1-17(2)12-15(21)19-16(22)18(17,9-10-20(3)4)13-7-6-8-14(11-13)23-5/h6-8,11H,9-10,12H2,1-5H3,(H,19,21,22). The molecule has 1 saturated heterocycles. The summed E-state index contributed by atoms with van der Waals surface area (Å²) in [6.45, 7) is 4.75. The summed E-state index contributed by atoms with van der Waals surface area (Å²) in [5.74, 6) is 0.296. The number of benzene rings is 1. The lowest BCUT2D eigenvalue weighted by Gasteiger charge is -2.49. The fraction of sp³-hybridized carbons (Fsp3) is 0.556. The van der Waals surface area contributed by atoms with E-state index in [1.807, 2.05) is 52.2 Å². The first-order valence-electron chi connectivity index (χ1n) is 7.86. The van der Waals surface area contributed by atoms with E-state index in [0.29, 0.717) is 18.6 Å². The van der Waals surface area contributed by atoms with Crippen LogP contribution in [0.2, 0.25) is 0 Å². The van der Waals surface area contributed by atoms with Gasteiger partial charge in [0.05, 0.1) is 12.5 Å². The fourth-order valence-corrected chi connectivity index (χ4v) is 3.54. The molecule has 0 spiro atoms. The Kier molecular flexibility index (Phi) is 4.80. The molecule has 0 aromatic heterocycles. The van der Waals surface area contributed by atoms with Crippen LogP contribution in [0, 0.1) is 5.41 Å². The minimum atomic E-state index is -0.764. The van der Waals surface area contributed by atoms with E-state index >= 15 is 0 Å². The number of amides is 2. The molecule has 2 rings (SSSR count). The molecule has 1 unspecified atom stereocenters. The van der Waals surface area contributed by atoms with Crippen molar-refractivity contribution in [1.29, 1.82) is 0 Å². The van der Waals surface area contributed by atoms with Crippen LogP contribution >= 0.6 is 0 Å². The number of piperidine rings is 1. The van der Waals surface area contributed by atoms with Crippen LogP contribution < -0.4 is 10.1 Å². The molecule has 5 heteroatoms. The summed E-state index contributed by atoms with van der Waals surface area (Å²) in [6, 6.07) is 7.62. The molecule has 0 saturated carbocycles. The van der Waals surface area contributed by atoms with E-state index in [2.05, 4.69) is 10.2 Å². The van der Waals surface area contributed by atoms with Gasteiger partial charge in [-0.15, -0.1) is 0 Å². The van der Waals surface area contributed by atoms with Gasteiger partial charge in [-0.05, 0) is 50.2 Å². The van der Waals surface area contributed by atoms with E-state index < -0.39 is 10.8 Å². The van der Waals surface area contributed by atoms with Crippen molar-refractivity contribution in [1.82, 2.24) is 10.2 Å². The third-order valence-electron chi connectivity index (χ3n) is 4.89. The molecule has 23 heavy (non-hydrogen) atoms. The average molecular weight is 318 g/mol. The Bertz CT molecular complexity index is 610. The van der Waals surface area contributed by atoms with Crippen LogP contribution in [0.3, 0.4) is 0 Å². The molecule has 1 aromatic carbocycles. The molecule has 1 heterocycles. The van der Waals surface area contributed by atoms with E-state index in [-0.39, 0.29) is 11.8 Å². The summed E-state index contributed by atoms with van der Waals surface area (Å²) >= 11 is 0. The number of nitrogens with one attached hydrogen (secondary N) is 1. The maximum Gasteiger partial charge on any atom is 0.237 e. The highest BCUT2D eigenvalue weighted by molar-refractivity contribution is 6.04. The number of methoxy groups -OCH3 is 1. The molecule has 0 bridgehead atoms. The third kappa shape index (κ3) is 3.11. The highest BCUT2D eigenvalue weighted by atomic mass is 16.5. The maximum atomic E-state index is 13.0. The number of nitrogens with zero attached hydrogens (tertiary/aromatic N) is 1. The summed E-state index contributed by atoms with van der Waals surface area (Å²) in [6.07, 6.45) is 0.961. The third-order valence-corrected chi connectivity index (χ3v) is 4.89. The van der Waals surface area contributed by atoms with Crippen molar-refractivity contribution in [2.24, 2.45) is 5.41 Å². The van der Waals surface area contributed by atoms with Crippen molar-refractivity contribution in [3.63, 3.8) is 0 Å². The van der Waals surface area contributed by atoms with Gasteiger partial charge in [-0.25, -0.2) is 0 Å². The van der Waals surface area contributed by atoms with E-state index in [1.165, 1.54) is 0 Å². The predicted molar refractivity (Wildman–Crippen MR) is 89.4 cm³/mol. The van der Waals surface area contributed by atoms with Gasteiger partial charge in [0.2, 0.25) is 11.8 Å². The van der Waals surface area contributed by atoms with Gasteiger partial charge >= 0.3 is 0 Å². The van der Waals surface area contributed by atoms with Gasteiger partial charge in [0.25, 0.3) is 0 Å². The molecule has 5 nitrogen and oxygen atoms in total. The van der Waals surface area contributed by atoms with Crippen molar-refractivity contribution in [3.8, 4) is 5.75 Å². The molecule has 1 aliphatic heterocycles. The topological polar surface area (TPSA) is 58.6 Å². The summed E-state index contributed by atoms with van der Waals surface area (Å²) < 4.78 is 5.33. The zero-order valence-electron chi connectivity index (χ0n) is 14.6. The monoisotopic (exact) mass is 318 g/mol. The SMILES string of the molecule is COc1cccc(C2(CCN(C)C)C(=O)NC(=O)CC2(C)C)c1. The van der Waals surface area contributed by atoms with Gasteiger partial charge in [0.15, 0.2) is 0 Å². The van der Waals surface area contributed by atoms with Gasteiger partial charge in [0, 0.05) is 6.42 Å². The molecular weight excluding hydrogens is 292 g/mol. The van der Waals surface area contributed by atoms with Crippen molar-refractivity contribution in [2.45, 2.75) is 32.1 Å². The second-order valence-electron chi connectivity index (χ2n) is 7.13. The van der Waals surface area contributed by atoms with Gasteiger partial charge in [0.1, 0.15) is 5.75 Å². The molecule has 2 amide bonds. The van der Waals surface area contributed by atoms with Crippen LogP contribution in [0.4, 0.5) is 0 Å². The largest absolute Gasteiger partial charge is 0.497 e. The smallest absolute Gasteiger partial charge is 0.237 e. The molecular formula is C18H26N2O3. The number of imide groups is 1. The molecule has 1 fully saturated rings. The minimum absolute atomic E-state index is 0.205. The highest BCUT2D eigenvalue weighted by Crippen LogP contribution is 2.49. The Morgan fingerprint density at radius 1 is 1.26 bits per heavy atom. The van der Waals surface area contributed by atoms with Crippen molar-refractivity contribution >= 4 is 11.8 Å².